The average Bonchev–Trinajstić information content (AvgIpc) is 2.08. The average molecular weight is 230 g/mol. The van der Waals surface area contributed by atoms with Crippen molar-refractivity contribution in [3.05, 3.63) is 4.91 Å². The van der Waals surface area contributed by atoms with Gasteiger partial charge in [0.1, 0.15) is 5.60 Å². The summed E-state index contributed by atoms with van der Waals surface area (Å²) in [6, 6.07) is 0. The molecule has 1 N–H and O–H groups in total. The Bertz CT molecular complexity index is 327. The highest BCUT2D eigenvalue weighted by Crippen LogP contribution is 2.24. The van der Waals surface area contributed by atoms with Crippen molar-refractivity contribution in [1.82, 2.24) is 4.90 Å². The van der Waals surface area contributed by atoms with Gasteiger partial charge in [-0.05, 0) is 20.8 Å². The highest BCUT2D eigenvalue weighted by atomic mass is 16.6. The van der Waals surface area contributed by atoms with E-state index in [1.807, 2.05) is 0 Å². The van der Waals surface area contributed by atoms with Gasteiger partial charge in [0.05, 0.1) is 13.1 Å². The Balaban J connectivity index is 2.50. The van der Waals surface area contributed by atoms with Gasteiger partial charge in [0.15, 0.2) is 5.60 Å². The van der Waals surface area contributed by atoms with Crippen LogP contribution in [0.2, 0.25) is 0 Å². The molecule has 1 rings (SSSR count). The number of amides is 2. The van der Waals surface area contributed by atoms with Gasteiger partial charge in [-0.15, -0.1) is 4.91 Å². The molecule has 0 saturated carbocycles. The minimum absolute atomic E-state index is 0.257. The first-order chi connectivity index (χ1) is 7.18. The fourth-order valence-electron chi connectivity index (χ4n) is 1.26. The Labute approximate surface area is 92.3 Å². The van der Waals surface area contributed by atoms with Crippen LogP contribution in [-0.4, -0.2) is 46.3 Å². The molecule has 0 spiro atoms. The maximum Gasteiger partial charge on any atom is 0.410 e. The van der Waals surface area contributed by atoms with Gasteiger partial charge in [0, 0.05) is 5.18 Å². The first-order valence-electron chi connectivity index (χ1n) is 4.76. The number of carbonyl (C=O) groups excluding carboxylic acids is 2. The molecule has 7 heteroatoms. The second-order valence-corrected chi connectivity index (χ2v) is 4.76. The molecule has 0 aromatic heterocycles. The van der Waals surface area contributed by atoms with Crippen molar-refractivity contribution in [2.24, 2.45) is 5.18 Å². The van der Waals surface area contributed by atoms with E-state index in [4.69, 9.17) is 4.74 Å². The highest BCUT2D eigenvalue weighted by Gasteiger charge is 2.51. The summed E-state index contributed by atoms with van der Waals surface area (Å²) in [5, 5.41) is 11.6. The van der Waals surface area contributed by atoms with E-state index in [1.165, 1.54) is 0 Å². The van der Waals surface area contributed by atoms with Crippen LogP contribution in [0.15, 0.2) is 5.18 Å². The molecular formula is C9H14N2O5. The third-order valence-electron chi connectivity index (χ3n) is 2.04. The molecule has 0 aliphatic carbocycles. The van der Waals surface area contributed by atoms with Crippen LogP contribution in [0.5, 0.6) is 0 Å². The molecular weight excluding hydrogens is 216 g/mol. The summed E-state index contributed by atoms with van der Waals surface area (Å²) in [4.78, 5) is 33.4. The van der Waals surface area contributed by atoms with Crippen molar-refractivity contribution in [1.29, 1.82) is 0 Å². The molecule has 1 heterocycles. The van der Waals surface area contributed by atoms with E-state index in [2.05, 4.69) is 5.18 Å². The van der Waals surface area contributed by atoms with Crippen molar-refractivity contribution in [3.63, 3.8) is 0 Å². The van der Waals surface area contributed by atoms with Crippen LogP contribution in [0, 0.1) is 4.91 Å². The van der Waals surface area contributed by atoms with Gasteiger partial charge in [-0.25, -0.2) is 4.79 Å². The Morgan fingerprint density at radius 2 is 1.88 bits per heavy atom. The Kier molecular flexibility index (Phi) is 3.00. The number of aliphatic hydroxyl groups is 1. The SMILES string of the molecule is CC(C)(C)OC(=O)N1CC(O)(C(=O)N=O)C1. The molecule has 0 atom stereocenters. The Morgan fingerprint density at radius 3 is 2.25 bits per heavy atom. The van der Waals surface area contributed by atoms with Gasteiger partial charge in [0.25, 0.3) is 0 Å². The fourth-order valence-corrected chi connectivity index (χ4v) is 1.26. The van der Waals surface area contributed by atoms with Gasteiger partial charge in [0.2, 0.25) is 0 Å². The van der Waals surface area contributed by atoms with E-state index in [9.17, 15) is 19.6 Å². The molecule has 16 heavy (non-hydrogen) atoms. The maximum absolute atomic E-state index is 11.4. The number of hydrogen-bond donors (Lipinski definition) is 1. The highest BCUT2D eigenvalue weighted by molar-refractivity contribution is 5.89. The first kappa shape index (κ1) is 12.6. The molecule has 1 fully saturated rings. The van der Waals surface area contributed by atoms with Crippen LogP contribution in [-0.2, 0) is 9.53 Å². The lowest BCUT2D eigenvalue weighted by Gasteiger charge is -2.43. The fraction of sp³-hybridized carbons (Fsp3) is 0.778. The molecule has 2 amide bonds. The topological polar surface area (TPSA) is 96.3 Å². The summed E-state index contributed by atoms with van der Waals surface area (Å²) in [6.45, 7) is 4.60. The minimum atomic E-state index is -1.83. The summed E-state index contributed by atoms with van der Waals surface area (Å²) < 4.78 is 5.00. The van der Waals surface area contributed by atoms with Crippen LogP contribution >= 0.6 is 0 Å². The van der Waals surface area contributed by atoms with Crippen molar-refractivity contribution >= 4 is 12.0 Å². The number of ether oxygens (including phenoxy) is 1. The van der Waals surface area contributed by atoms with E-state index in [0.29, 0.717) is 0 Å². The van der Waals surface area contributed by atoms with Gasteiger partial charge in [-0.1, -0.05) is 0 Å². The Hall–Kier alpha value is -1.50. The molecule has 1 aliphatic heterocycles. The molecule has 0 radical (unpaired) electrons. The number of nitrogens with zero attached hydrogens (tertiary/aromatic N) is 2. The van der Waals surface area contributed by atoms with Crippen molar-refractivity contribution < 1.29 is 19.4 Å². The quantitative estimate of drug-likeness (QED) is 0.652. The first-order valence-corrected chi connectivity index (χ1v) is 4.76. The number of β-amino-alcohol motifs (C(OH)–C–C–N with tert-alkyl or cyclic N) is 1. The van der Waals surface area contributed by atoms with Crippen LogP contribution in [0.4, 0.5) is 4.79 Å². The molecule has 7 nitrogen and oxygen atoms in total. The zero-order valence-electron chi connectivity index (χ0n) is 9.39. The molecule has 1 saturated heterocycles. The second kappa shape index (κ2) is 3.82. The lowest BCUT2D eigenvalue weighted by atomic mass is 9.94. The van der Waals surface area contributed by atoms with Crippen LogP contribution in [0.1, 0.15) is 20.8 Å². The summed E-state index contributed by atoms with van der Waals surface area (Å²) in [6.07, 6.45) is -0.629. The van der Waals surface area contributed by atoms with E-state index >= 15 is 0 Å². The monoisotopic (exact) mass is 230 g/mol. The van der Waals surface area contributed by atoms with E-state index in [-0.39, 0.29) is 13.1 Å². The second-order valence-electron chi connectivity index (χ2n) is 4.76. The van der Waals surface area contributed by atoms with Gasteiger partial charge < -0.3 is 14.7 Å². The normalized spacial score (nSPS) is 18.6. The molecule has 0 bridgehead atoms. The van der Waals surface area contributed by atoms with Crippen molar-refractivity contribution in [3.8, 4) is 0 Å². The Morgan fingerprint density at radius 1 is 1.38 bits per heavy atom. The van der Waals surface area contributed by atoms with Crippen LogP contribution in [0.3, 0.4) is 0 Å². The molecule has 0 aromatic carbocycles. The third-order valence-corrected chi connectivity index (χ3v) is 2.04. The number of nitroso groups, excluding NO2 is 1. The summed E-state index contributed by atoms with van der Waals surface area (Å²) in [7, 11) is 0. The smallest absolute Gasteiger partial charge is 0.410 e. The van der Waals surface area contributed by atoms with E-state index in [0.717, 1.165) is 4.90 Å². The predicted octanol–water partition coefficient (Wildman–Crippen LogP) is 0.261. The number of carbonyl (C=O) groups is 2. The zero-order valence-corrected chi connectivity index (χ0v) is 9.39. The molecule has 0 aromatic rings. The summed E-state index contributed by atoms with van der Waals surface area (Å²) >= 11 is 0. The lowest BCUT2D eigenvalue weighted by Crippen LogP contribution is -2.67. The van der Waals surface area contributed by atoms with E-state index < -0.39 is 23.2 Å². The van der Waals surface area contributed by atoms with Gasteiger partial charge in [-0.2, -0.15) is 0 Å². The third kappa shape index (κ3) is 2.54. The standard InChI is InChI=1S/C9H14N2O5/c1-8(2,3)16-7(13)11-4-9(14,5-11)6(12)10-15/h14H,4-5H2,1-3H3. The maximum atomic E-state index is 11.4. The molecule has 0 unspecified atom stereocenters. The number of likely N-dealkylation sites (tertiary alicyclic amines) is 1. The van der Waals surface area contributed by atoms with Crippen LogP contribution in [0.25, 0.3) is 0 Å². The summed E-state index contributed by atoms with van der Waals surface area (Å²) in [5.41, 5.74) is -2.48. The van der Waals surface area contributed by atoms with Crippen molar-refractivity contribution in [2.75, 3.05) is 13.1 Å². The number of hydrogen-bond acceptors (Lipinski definition) is 5. The number of rotatable bonds is 1. The minimum Gasteiger partial charge on any atom is -0.444 e. The lowest BCUT2D eigenvalue weighted by molar-refractivity contribution is -0.153. The van der Waals surface area contributed by atoms with Crippen molar-refractivity contribution in [2.45, 2.75) is 32.0 Å². The summed E-state index contributed by atoms with van der Waals surface area (Å²) in [5.74, 6) is -1.16. The van der Waals surface area contributed by atoms with Gasteiger partial charge in [-0.3, -0.25) is 4.79 Å². The van der Waals surface area contributed by atoms with E-state index in [1.54, 1.807) is 20.8 Å². The predicted molar refractivity (Wildman–Crippen MR) is 53.6 cm³/mol. The van der Waals surface area contributed by atoms with Gasteiger partial charge >= 0.3 is 12.0 Å². The largest absolute Gasteiger partial charge is 0.444 e. The zero-order chi connectivity index (χ0) is 12.6. The van der Waals surface area contributed by atoms with Crippen LogP contribution < -0.4 is 0 Å². The molecule has 1 aliphatic rings. The molecule has 90 valence electrons.